The van der Waals surface area contributed by atoms with Gasteiger partial charge in [-0.15, -0.1) is 0 Å². The van der Waals surface area contributed by atoms with Crippen LogP contribution in [0.15, 0.2) is 24.3 Å². The number of unbranched alkanes of at least 4 members (excludes halogenated alkanes) is 4. The van der Waals surface area contributed by atoms with Crippen LogP contribution in [0.1, 0.15) is 108 Å². The van der Waals surface area contributed by atoms with Gasteiger partial charge in [-0.05, 0) is 79.9 Å². The van der Waals surface area contributed by atoms with E-state index in [0.717, 1.165) is 28.7 Å². The van der Waals surface area contributed by atoms with E-state index in [9.17, 15) is 0 Å². The highest BCUT2D eigenvalue weighted by molar-refractivity contribution is 6.30. The lowest BCUT2D eigenvalue weighted by Gasteiger charge is -2.38. The van der Waals surface area contributed by atoms with Gasteiger partial charge in [-0.3, -0.25) is 0 Å². The smallest absolute Gasteiger partial charge is 0.0408 e. The molecule has 146 valence electrons. The molecule has 26 heavy (non-hydrogen) atoms. The Kier molecular flexibility index (Phi) is 8.37. The summed E-state index contributed by atoms with van der Waals surface area (Å²) >= 11 is 6.19. The summed E-state index contributed by atoms with van der Waals surface area (Å²) in [4.78, 5) is 0. The lowest BCUT2D eigenvalue weighted by Crippen LogP contribution is -2.25. The number of hydrogen-bond donors (Lipinski definition) is 0. The molecule has 0 aromatic heterocycles. The summed E-state index contributed by atoms with van der Waals surface area (Å²) in [5.74, 6) is 3.85. The van der Waals surface area contributed by atoms with Gasteiger partial charge in [-0.1, -0.05) is 82.0 Å². The highest BCUT2D eigenvalue weighted by atomic mass is 35.5. The zero-order chi connectivity index (χ0) is 18.2. The lowest BCUT2D eigenvalue weighted by atomic mass is 9.68. The molecule has 0 unspecified atom stereocenters. The van der Waals surface area contributed by atoms with Crippen LogP contribution in [0.3, 0.4) is 0 Å². The predicted molar refractivity (Wildman–Crippen MR) is 115 cm³/mol. The first-order valence-corrected chi connectivity index (χ1v) is 11.9. The molecule has 1 heteroatoms. The topological polar surface area (TPSA) is 0 Å². The van der Waals surface area contributed by atoms with Crippen LogP contribution >= 0.6 is 11.6 Å². The largest absolute Gasteiger partial charge is 0.0843 e. The highest BCUT2D eigenvalue weighted by Crippen LogP contribution is 2.44. The molecule has 2 aliphatic carbocycles. The number of halogens is 1. The second kappa shape index (κ2) is 10.7. The van der Waals surface area contributed by atoms with Gasteiger partial charge in [-0.2, -0.15) is 0 Å². The summed E-state index contributed by atoms with van der Waals surface area (Å²) in [5, 5.41) is 0.901. The van der Waals surface area contributed by atoms with Crippen LogP contribution in [0.25, 0.3) is 0 Å². The Bertz CT molecular complexity index is 507. The van der Waals surface area contributed by atoms with Crippen molar-refractivity contribution in [2.24, 2.45) is 17.8 Å². The normalized spacial score (nSPS) is 29.6. The van der Waals surface area contributed by atoms with Crippen molar-refractivity contribution in [1.82, 2.24) is 0 Å². The molecule has 0 nitrogen and oxygen atoms in total. The van der Waals surface area contributed by atoms with Gasteiger partial charge < -0.3 is 0 Å². The van der Waals surface area contributed by atoms with Crippen molar-refractivity contribution in [1.29, 1.82) is 0 Å². The first-order chi connectivity index (χ1) is 12.8. The summed E-state index contributed by atoms with van der Waals surface area (Å²) in [6.07, 6.45) is 20.5. The van der Waals surface area contributed by atoms with E-state index in [-0.39, 0.29) is 0 Å². The minimum absolute atomic E-state index is 0.754. The van der Waals surface area contributed by atoms with E-state index in [0.29, 0.717) is 0 Å². The van der Waals surface area contributed by atoms with Gasteiger partial charge >= 0.3 is 0 Å². The molecule has 2 aliphatic rings. The first-order valence-electron chi connectivity index (χ1n) is 11.5. The maximum atomic E-state index is 6.19. The van der Waals surface area contributed by atoms with E-state index in [4.69, 9.17) is 11.6 Å². The van der Waals surface area contributed by atoms with Crippen molar-refractivity contribution in [3.8, 4) is 0 Å². The summed E-state index contributed by atoms with van der Waals surface area (Å²) < 4.78 is 0. The van der Waals surface area contributed by atoms with Crippen molar-refractivity contribution in [3.63, 3.8) is 0 Å². The summed E-state index contributed by atoms with van der Waals surface area (Å²) in [7, 11) is 0. The average Bonchev–Trinajstić information content (AvgIpc) is 2.68. The molecule has 0 spiro atoms. The quantitative estimate of drug-likeness (QED) is 0.399. The molecule has 1 aromatic rings. The van der Waals surface area contributed by atoms with Crippen LogP contribution in [0, 0.1) is 17.8 Å². The molecule has 2 saturated carbocycles. The number of hydrogen-bond acceptors (Lipinski definition) is 0. The van der Waals surface area contributed by atoms with Crippen LogP contribution in [-0.4, -0.2) is 0 Å². The molecule has 0 bridgehead atoms. The van der Waals surface area contributed by atoms with Crippen molar-refractivity contribution in [3.05, 3.63) is 34.9 Å². The van der Waals surface area contributed by atoms with Crippen molar-refractivity contribution in [2.75, 3.05) is 0 Å². The third kappa shape index (κ3) is 6.01. The molecule has 3 rings (SSSR count). The number of benzene rings is 1. The molecular weight excluding hydrogens is 336 g/mol. The summed E-state index contributed by atoms with van der Waals surface area (Å²) in [6.45, 7) is 2.31. The molecule has 0 saturated heterocycles. The van der Waals surface area contributed by atoms with Gasteiger partial charge in [-0.25, -0.2) is 0 Å². The van der Waals surface area contributed by atoms with Crippen LogP contribution in [-0.2, 0) is 0 Å². The van der Waals surface area contributed by atoms with Gasteiger partial charge in [0.1, 0.15) is 0 Å². The fraction of sp³-hybridized carbons (Fsp3) is 0.760. The SMILES string of the molecule is CCCCCCCC1CCC(C2CCC(c3cccc(Cl)c3)CC2)CC1. The van der Waals surface area contributed by atoms with E-state index >= 15 is 0 Å². The second-order valence-electron chi connectivity index (χ2n) is 9.15. The van der Waals surface area contributed by atoms with Crippen molar-refractivity contribution >= 4 is 11.6 Å². The molecule has 0 radical (unpaired) electrons. The molecule has 0 atom stereocenters. The molecule has 0 aliphatic heterocycles. The molecular formula is C25H39Cl. The highest BCUT2D eigenvalue weighted by Gasteiger charge is 2.31. The van der Waals surface area contributed by atoms with Crippen molar-refractivity contribution in [2.45, 2.75) is 103 Å². The monoisotopic (exact) mass is 374 g/mol. The lowest BCUT2D eigenvalue weighted by molar-refractivity contribution is 0.155. The number of rotatable bonds is 8. The Morgan fingerprint density at radius 3 is 2.12 bits per heavy atom. The third-order valence-corrected chi connectivity index (χ3v) is 7.60. The van der Waals surface area contributed by atoms with E-state index < -0.39 is 0 Å². The van der Waals surface area contributed by atoms with Gasteiger partial charge in [0.15, 0.2) is 0 Å². The minimum atomic E-state index is 0.754. The zero-order valence-electron chi connectivity index (χ0n) is 16.9. The first kappa shape index (κ1) is 20.2. The molecule has 2 fully saturated rings. The third-order valence-electron chi connectivity index (χ3n) is 7.37. The molecule has 0 heterocycles. The maximum absolute atomic E-state index is 6.19. The Morgan fingerprint density at radius 1 is 0.808 bits per heavy atom. The minimum Gasteiger partial charge on any atom is -0.0843 e. The Hall–Kier alpha value is -0.490. The van der Waals surface area contributed by atoms with Gasteiger partial charge in [0, 0.05) is 5.02 Å². The average molecular weight is 375 g/mol. The standard InChI is InChI=1S/C25H39Cl/c1-2-3-4-5-6-8-20-11-13-21(14-12-20)22-15-17-23(18-16-22)24-9-7-10-25(26)19-24/h7,9-10,19-23H,2-6,8,11-18H2,1H3. The maximum Gasteiger partial charge on any atom is 0.0408 e. The van der Waals surface area contributed by atoms with E-state index in [1.165, 1.54) is 95.5 Å². The van der Waals surface area contributed by atoms with Crippen LogP contribution < -0.4 is 0 Å². The zero-order valence-corrected chi connectivity index (χ0v) is 17.7. The van der Waals surface area contributed by atoms with E-state index in [1.807, 2.05) is 6.07 Å². The molecule has 0 amide bonds. The van der Waals surface area contributed by atoms with E-state index in [2.05, 4.69) is 25.1 Å². The van der Waals surface area contributed by atoms with Gasteiger partial charge in [0.2, 0.25) is 0 Å². The summed E-state index contributed by atoms with van der Waals surface area (Å²) in [5.41, 5.74) is 1.47. The summed E-state index contributed by atoms with van der Waals surface area (Å²) in [6, 6.07) is 8.59. The molecule has 1 aromatic carbocycles. The fourth-order valence-electron chi connectivity index (χ4n) is 5.67. The van der Waals surface area contributed by atoms with Crippen LogP contribution in [0.5, 0.6) is 0 Å². The fourth-order valence-corrected chi connectivity index (χ4v) is 5.87. The van der Waals surface area contributed by atoms with Crippen LogP contribution in [0.2, 0.25) is 5.02 Å². The van der Waals surface area contributed by atoms with Crippen LogP contribution in [0.4, 0.5) is 0 Å². The van der Waals surface area contributed by atoms with Gasteiger partial charge in [0.05, 0.1) is 0 Å². The van der Waals surface area contributed by atoms with Crippen molar-refractivity contribution < 1.29 is 0 Å². The van der Waals surface area contributed by atoms with Gasteiger partial charge in [0.25, 0.3) is 0 Å². The van der Waals surface area contributed by atoms with E-state index in [1.54, 1.807) is 0 Å². The second-order valence-corrected chi connectivity index (χ2v) is 9.59. The predicted octanol–water partition coefficient (Wildman–Crippen LogP) is 8.78. The Labute approximate surface area is 167 Å². The molecule has 0 N–H and O–H groups in total. The Balaban J connectivity index is 1.34. The Morgan fingerprint density at radius 2 is 1.46 bits per heavy atom.